The summed E-state index contributed by atoms with van der Waals surface area (Å²) in [4.78, 5) is 16.0. The largest absolute Gasteiger partial charge is 0.398 e. The minimum atomic E-state index is -0.223. The molecular weight excluding hydrogens is 312 g/mol. The third-order valence-corrected chi connectivity index (χ3v) is 2.96. The summed E-state index contributed by atoms with van der Waals surface area (Å²) in [6.07, 6.45) is 0.511. The van der Waals surface area contributed by atoms with Crippen molar-refractivity contribution in [2.24, 2.45) is 0 Å². The molecule has 0 saturated heterocycles. The van der Waals surface area contributed by atoms with Gasteiger partial charge in [-0.3, -0.25) is 4.79 Å². The van der Waals surface area contributed by atoms with Crippen LogP contribution in [0, 0.1) is 6.92 Å². The molecule has 0 aliphatic carbocycles. The molecular formula is C12H13BrN4O2. The van der Waals surface area contributed by atoms with Crippen LogP contribution in [0.1, 0.15) is 22.1 Å². The van der Waals surface area contributed by atoms with Gasteiger partial charge in [-0.05, 0) is 18.2 Å². The van der Waals surface area contributed by atoms with Gasteiger partial charge >= 0.3 is 0 Å². The molecule has 7 heteroatoms. The van der Waals surface area contributed by atoms with Gasteiger partial charge in [0.25, 0.3) is 5.91 Å². The van der Waals surface area contributed by atoms with E-state index in [4.69, 9.17) is 10.3 Å². The van der Waals surface area contributed by atoms with Crippen molar-refractivity contribution in [3.8, 4) is 0 Å². The fraction of sp³-hybridized carbons (Fsp3) is 0.250. The van der Waals surface area contributed by atoms with Crippen LogP contribution in [0.3, 0.4) is 0 Å². The highest BCUT2D eigenvalue weighted by atomic mass is 79.9. The molecule has 1 aromatic carbocycles. The first-order chi connectivity index (χ1) is 9.06. The monoisotopic (exact) mass is 324 g/mol. The number of carbonyl (C=O) groups is 1. The summed E-state index contributed by atoms with van der Waals surface area (Å²) in [5.41, 5.74) is 6.64. The van der Waals surface area contributed by atoms with E-state index in [0.717, 1.165) is 4.47 Å². The molecule has 1 aromatic heterocycles. The number of benzene rings is 1. The van der Waals surface area contributed by atoms with E-state index in [1.54, 1.807) is 25.1 Å². The highest BCUT2D eigenvalue weighted by Gasteiger charge is 2.10. The van der Waals surface area contributed by atoms with Crippen molar-refractivity contribution in [3.05, 3.63) is 40.0 Å². The van der Waals surface area contributed by atoms with Gasteiger partial charge in [0.2, 0.25) is 5.89 Å². The zero-order valence-electron chi connectivity index (χ0n) is 10.3. The molecule has 1 amide bonds. The van der Waals surface area contributed by atoms with Gasteiger partial charge in [-0.25, -0.2) is 0 Å². The van der Waals surface area contributed by atoms with Crippen LogP contribution < -0.4 is 11.1 Å². The van der Waals surface area contributed by atoms with E-state index in [1.165, 1.54) is 0 Å². The molecule has 2 rings (SSSR count). The molecule has 0 saturated carbocycles. The van der Waals surface area contributed by atoms with E-state index in [2.05, 4.69) is 31.4 Å². The van der Waals surface area contributed by atoms with Gasteiger partial charge in [0, 0.05) is 30.0 Å². The van der Waals surface area contributed by atoms with Gasteiger partial charge in [-0.1, -0.05) is 21.1 Å². The molecule has 0 unspecified atom stereocenters. The lowest BCUT2D eigenvalue weighted by molar-refractivity contribution is 0.0954. The van der Waals surface area contributed by atoms with Crippen LogP contribution in [0.5, 0.6) is 0 Å². The van der Waals surface area contributed by atoms with Gasteiger partial charge in [-0.15, -0.1) is 0 Å². The molecule has 0 aliphatic rings. The van der Waals surface area contributed by atoms with Crippen LogP contribution in [-0.2, 0) is 6.42 Å². The van der Waals surface area contributed by atoms with Crippen LogP contribution >= 0.6 is 15.9 Å². The first-order valence-corrected chi connectivity index (χ1v) is 6.48. The number of nitrogen functional groups attached to an aromatic ring is 1. The molecule has 0 spiro atoms. The van der Waals surface area contributed by atoms with Crippen molar-refractivity contribution >= 4 is 27.5 Å². The summed E-state index contributed by atoms with van der Waals surface area (Å²) in [6.45, 7) is 2.14. The lowest BCUT2D eigenvalue weighted by Crippen LogP contribution is -2.26. The molecule has 0 bridgehead atoms. The molecule has 1 heterocycles. The van der Waals surface area contributed by atoms with E-state index >= 15 is 0 Å². The third-order valence-electron chi connectivity index (χ3n) is 2.46. The molecule has 19 heavy (non-hydrogen) atoms. The second-order valence-corrected chi connectivity index (χ2v) is 4.88. The normalized spacial score (nSPS) is 10.4. The number of halogens is 1. The number of aryl methyl sites for hydroxylation is 1. The highest BCUT2D eigenvalue weighted by molar-refractivity contribution is 9.10. The Kier molecular flexibility index (Phi) is 4.16. The molecule has 0 atom stereocenters. The Labute approximate surface area is 118 Å². The van der Waals surface area contributed by atoms with E-state index in [9.17, 15) is 4.79 Å². The quantitative estimate of drug-likeness (QED) is 0.835. The second kappa shape index (κ2) is 5.83. The number of nitrogens with zero attached hydrogens (tertiary/aromatic N) is 2. The van der Waals surface area contributed by atoms with Crippen molar-refractivity contribution in [3.63, 3.8) is 0 Å². The topological polar surface area (TPSA) is 94.0 Å². The average Bonchev–Trinajstić information content (AvgIpc) is 2.78. The summed E-state index contributed by atoms with van der Waals surface area (Å²) in [5.74, 6) is 0.858. The van der Waals surface area contributed by atoms with Crippen molar-refractivity contribution < 1.29 is 9.32 Å². The molecule has 0 radical (unpaired) electrons. The van der Waals surface area contributed by atoms with Crippen molar-refractivity contribution in [1.82, 2.24) is 15.5 Å². The van der Waals surface area contributed by atoms with E-state index in [-0.39, 0.29) is 5.91 Å². The number of amides is 1. The number of nitrogens with two attached hydrogens (primary N) is 1. The molecule has 0 aliphatic heterocycles. The predicted octanol–water partition coefficient (Wildman–Crippen LogP) is 1.70. The summed E-state index contributed by atoms with van der Waals surface area (Å²) >= 11 is 3.30. The zero-order chi connectivity index (χ0) is 13.8. The standard InChI is InChI=1S/C12H13BrN4O2/c1-7-16-11(17-19-7)4-5-15-12(18)9-6-8(13)2-3-10(9)14/h2-3,6H,4-5,14H2,1H3,(H,15,18). The first-order valence-electron chi connectivity index (χ1n) is 5.68. The second-order valence-electron chi connectivity index (χ2n) is 3.97. The maximum absolute atomic E-state index is 11.9. The lowest BCUT2D eigenvalue weighted by Gasteiger charge is -2.06. The smallest absolute Gasteiger partial charge is 0.253 e. The Bertz CT molecular complexity index is 597. The molecule has 100 valence electrons. The van der Waals surface area contributed by atoms with Crippen molar-refractivity contribution in [1.29, 1.82) is 0 Å². The van der Waals surface area contributed by atoms with E-state index in [0.29, 0.717) is 35.9 Å². The summed E-state index contributed by atoms with van der Waals surface area (Å²) in [7, 11) is 0. The summed E-state index contributed by atoms with van der Waals surface area (Å²) in [5, 5.41) is 6.51. The van der Waals surface area contributed by atoms with Gasteiger partial charge in [-0.2, -0.15) is 4.98 Å². The molecule has 3 N–H and O–H groups in total. The fourth-order valence-corrected chi connectivity index (χ4v) is 1.91. The van der Waals surface area contributed by atoms with E-state index in [1.807, 2.05) is 0 Å². The zero-order valence-corrected chi connectivity index (χ0v) is 11.9. The number of hydrogen-bond acceptors (Lipinski definition) is 5. The number of anilines is 1. The van der Waals surface area contributed by atoms with Gasteiger partial charge < -0.3 is 15.6 Å². The lowest BCUT2D eigenvalue weighted by atomic mass is 10.1. The van der Waals surface area contributed by atoms with Crippen LogP contribution in [0.15, 0.2) is 27.2 Å². The fourth-order valence-electron chi connectivity index (χ4n) is 1.55. The Hall–Kier alpha value is -1.89. The highest BCUT2D eigenvalue weighted by Crippen LogP contribution is 2.18. The number of hydrogen-bond donors (Lipinski definition) is 2. The first kappa shape index (κ1) is 13.5. The summed E-state index contributed by atoms with van der Waals surface area (Å²) < 4.78 is 5.65. The number of aromatic nitrogens is 2. The minimum absolute atomic E-state index is 0.223. The van der Waals surface area contributed by atoms with Crippen molar-refractivity contribution in [2.75, 3.05) is 12.3 Å². The predicted molar refractivity (Wildman–Crippen MR) is 73.6 cm³/mol. The Morgan fingerprint density at radius 2 is 2.32 bits per heavy atom. The van der Waals surface area contributed by atoms with Gasteiger partial charge in [0.15, 0.2) is 5.82 Å². The third kappa shape index (κ3) is 3.54. The van der Waals surface area contributed by atoms with Gasteiger partial charge in [0.1, 0.15) is 0 Å². The van der Waals surface area contributed by atoms with Crippen LogP contribution in [0.4, 0.5) is 5.69 Å². The SMILES string of the molecule is Cc1nc(CCNC(=O)c2cc(Br)ccc2N)no1. The molecule has 6 nitrogen and oxygen atoms in total. The Balaban J connectivity index is 1.92. The Morgan fingerprint density at radius 3 is 3.00 bits per heavy atom. The molecule has 2 aromatic rings. The average molecular weight is 325 g/mol. The summed E-state index contributed by atoms with van der Waals surface area (Å²) in [6, 6.07) is 5.15. The van der Waals surface area contributed by atoms with Crippen LogP contribution in [-0.4, -0.2) is 22.6 Å². The van der Waals surface area contributed by atoms with Crippen LogP contribution in [0.25, 0.3) is 0 Å². The maximum Gasteiger partial charge on any atom is 0.253 e. The maximum atomic E-state index is 11.9. The number of rotatable bonds is 4. The van der Waals surface area contributed by atoms with E-state index < -0.39 is 0 Å². The molecule has 0 fully saturated rings. The number of nitrogens with one attached hydrogen (secondary N) is 1. The Morgan fingerprint density at radius 1 is 1.53 bits per heavy atom. The van der Waals surface area contributed by atoms with Gasteiger partial charge in [0.05, 0.1) is 5.56 Å². The van der Waals surface area contributed by atoms with Crippen LogP contribution in [0.2, 0.25) is 0 Å². The minimum Gasteiger partial charge on any atom is -0.398 e. The van der Waals surface area contributed by atoms with Crippen molar-refractivity contribution in [2.45, 2.75) is 13.3 Å². The number of carbonyl (C=O) groups excluding carboxylic acids is 1.